The predicted molar refractivity (Wildman–Crippen MR) is 77.8 cm³/mol. The molecule has 1 atom stereocenters. The smallest absolute Gasteiger partial charge is 0.122 e. The van der Waals surface area contributed by atoms with E-state index in [0.717, 1.165) is 11.3 Å². The average molecular weight is 263 g/mol. The van der Waals surface area contributed by atoms with Gasteiger partial charge in [-0.05, 0) is 42.9 Å². The molecule has 3 heteroatoms. The molecule has 0 spiro atoms. The first-order chi connectivity index (χ1) is 9.06. The van der Waals surface area contributed by atoms with E-state index in [0.29, 0.717) is 25.1 Å². The number of aliphatic hydroxyl groups is 1. The molecule has 1 unspecified atom stereocenters. The molecule has 1 saturated carbocycles. The van der Waals surface area contributed by atoms with E-state index in [9.17, 15) is 5.11 Å². The van der Waals surface area contributed by atoms with Crippen LogP contribution in [0.3, 0.4) is 0 Å². The van der Waals surface area contributed by atoms with Crippen LogP contribution in [0.5, 0.6) is 5.75 Å². The Balaban J connectivity index is 1.84. The Bertz CT molecular complexity index is 413. The highest BCUT2D eigenvalue weighted by Crippen LogP contribution is 2.24. The molecule has 0 aromatic heterocycles. The maximum Gasteiger partial charge on any atom is 0.122 e. The maximum absolute atomic E-state index is 9.87. The van der Waals surface area contributed by atoms with Crippen molar-refractivity contribution in [2.45, 2.75) is 51.7 Å². The van der Waals surface area contributed by atoms with Gasteiger partial charge in [0.2, 0.25) is 0 Å². The fraction of sp³-hybridized carbons (Fsp3) is 0.625. The van der Waals surface area contributed by atoms with E-state index in [1.807, 2.05) is 6.92 Å². The van der Waals surface area contributed by atoms with Crippen molar-refractivity contribution in [3.8, 4) is 5.75 Å². The first-order valence-corrected chi connectivity index (χ1v) is 7.21. The van der Waals surface area contributed by atoms with Crippen molar-refractivity contribution in [2.24, 2.45) is 0 Å². The topological polar surface area (TPSA) is 41.5 Å². The Morgan fingerprint density at radius 1 is 1.37 bits per heavy atom. The van der Waals surface area contributed by atoms with Gasteiger partial charge in [0.05, 0.1) is 0 Å². The molecular weight excluding hydrogens is 238 g/mol. The van der Waals surface area contributed by atoms with Gasteiger partial charge in [-0.3, -0.25) is 0 Å². The van der Waals surface area contributed by atoms with Gasteiger partial charge in [0.1, 0.15) is 18.5 Å². The van der Waals surface area contributed by atoms with Gasteiger partial charge in [-0.15, -0.1) is 0 Å². The third-order valence-corrected chi connectivity index (χ3v) is 3.53. The summed E-state index contributed by atoms with van der Waals surface area (Å²) in [6, 6.07) is 6.93. The minimum atomic E-state index is -0.442. The zero-order valence-corrected chi connectivity index (χ0v) is 12.1. The quantitative estimate of drug-likeness (QED) is 0.794. The lowest BCUT2D eigenvalue weighted by molar-refractivity contribution is 0.105. The lowest BCUT2D eigenvalue weighted by Gasteiger charge is -2.16. The molecule has 3 nitrogen and oxygen atoms in total. The van der Waals surface area contributed by atoms with Crippen LogP contribution in [0.4, 0.5) is 0 Å². The summed E-state index contributed by atoms with van der Waals surface area (Å²) in [5.74, 6) is 1.38. The van der Waals surface area contributed by atoms with Gasteiger partial charge in [0.25, 0.3) is 0 Å². The van der Waals surface area contributed by atoms with Crippen LogP contribution >= 0.6 is 0 Å². The Labute approximate surface area is 116 Å². The molecule has 19 heavy (non-hydrogen) atoms. The average Bonchev–Trinajstić information content (AvgIpc) is 3.19. The molecule has 0 amide bonds. The van der Waals surface area contributed by atoms with Crippen LogP contribution in [0.1, 0.15) is 43.7 Å². The van der Waals surface area contributed by atoms with Crippen LogP contribution in [0, 0.1) is 6.92 Å². The summed E-state index contributed by atoms with van der Waals surface area (Å²) in [6.45, 7) is 7.34. The van der Waals surface area contributed by atoms with Gasteiger partial charge in [0, 0.05) is 12.6 Å². The lowest BCUT2D eigenvalue weighted by Crippen LogP contribution is -2.32. The number of nitrogens with one attached hydrogen (secondary N) is 1. The van der Waals surface area contributed by atoms with E-state index < -0.39 is 6.10 Å². The van der Waals surface area contributed by atoms with Crippen LogP contribution in [0.25, 0.3) is 0 Å². The summed E-state index contributed by atoms with van der Waals surface area (Å²) >= 11 is 0. The second-order valence-corrected chi connectivity index (χ2v) is 5.83. The van der Waals surface area contributed by atoms with Crippen molar-refractivity contribution >= 4 is 0 Å². The number of aliphatic hydroxyl groups excluding tert-OH is 1. The van der Waals surface area contributed by atoms with Crippen LogP contribution in [-0.2, 0) is 0 Å². The molecule has 0 aliphatic heterocycles. The van der Waals surface area contributed by atoms with Gasteiger partial charge in [-0.1, -0.05) is 26.0 Å². The van der Waals surface area contributed by atoms with Crippen LogP contribution in [0.15, 0.2) is 18.2 Å². The Hall–Kier alpha value is -1.06. The summed E-state index contributed by atoms with van der Waals surface area (Å²) in [5.41, 5.74) is 2.39. The molecule has 1 aromatic rings. The maximum atomic E-state index is 9.87. The molecule has 0 heterocycles. The summed E-state index contributed by atoms with van der Waals surface area (Å²) in [5, 5.41) is 13.2. The highest BCUT2D eigenvalue weighted by atomic mass is 16.5. The summed E-state index contributed by atoms with van der Waals surface area (Å²) in [6.07, 6.45) is 2.04. The number of rotatable bonds is 7. The van der Waals surface area contributed by atoms with Crippen LogP contribution in [0.2, 0.25) is 0 Å². The third-order valence-electron chi connectivity index (χ3n) is 3.53. The van der Waals surface area contributed by atoms with Crippen LogP contribution in [-0.4, -0.2) is 30.4 Å². The Morgan fingerprint density at radius 2 is 2.11 bits per heavy atom. The van der Waals surface area contributed by atoms with Gasteiger partial charge >= 0.3 is 0 Å². The molecule has 0 radical (unpaired) electrons. The normalized spacial score (nSPS) is 16.7. The minimum Gasteiger partial charge on any atom is -0.491 e. The van der Waals surface area contributed by atoms with Gasteiger partial charge in [0.15, 0.2) is 0 Å². The monoisotopic (exact) mass is 263 g/mol. The van der Waals surface area contributed by atoms with Crippen molar-refractivity contribution in [3.63, 3.8) is 0 Å². The van der Waals surface area contributed by atoms with Gasteiger partial charge in [-0.25, -0.2) is 0 Å². The molecule has 1 fully saturated rings. The standard InChI is InChI=1S/C16H25NO2/c1-11(2)13-5-4-12(3)16(8-13)19-10-15(18)9-17-14-6-7-14/h4-5,8,11,14-15,17-18H,6-7,9-10H2,1-3H3. The van der Waals surface area contributed by atoms with Crippen LogP contribution < -0.4 is 10.1 Å². The van der Waals surface area contributed by atoms with Crippen molar-refractivity contribution in [1.29, 1.82) is 0 Å². The minimum absolute atomic E-state index is 0.349. The van der Waals surface area contributed by atoms with E-state index in [1.54, 1.807) is 0 Å². The second-order valence-electron chi connectivity index (χ2n) is 5.83. The van der Waals surface area contributed by atoms with Crippen molar-refractivity contribution in [3.05, 3.63) is 29.3 Å². The van der Waals surface area contributed by atoms with Crippen molar-refractivity contribution < 1.29 is 9.84 Å². The highest BCUT2D eigenvalue weighted by Gasteiger charge is 2.21. The van der Waals surface area contributed by atoms with E-state index >= 15 is 0 Å². The van der Waals surface area contributed by atoms with E-state index in [2.05, 4.69) is 37.4 Å². The van der Waals surface area contributed by atoms with Gasteiger partial charge < -0.3 is 15.2 Å². The van der Waals surface area contributed by atoms with Crippen molar-refractivity contribution in [2.75, 3.05) is 13.2 Å². The summed E-state index contributed by atoms with van der Waals surface area (Å²) < 4.78 is 5.75. The molecule has 1 aliphatic carbocycles. The number of hydrogen-bond donors (Lipinski definition) is 2. The summed E-state index contributed by atoms with van der Waals surface area (Å²) in [4.78, 5) is 0. The molecule has 0 bridgehead atoms. The Morgan fingerprint density at radius 3 is 2.74 bits per heavy atom. The number of benzene rings is 1. The third kappa shape index (κ3) is 4.51. The first-order valence-electron chi connectivity index (χ1n) is 7.21. The highest BCUT2D eigenvalue weighted by molar-refractivity contribution is 5.37. The molecule has 106 valence electrons. The number of ether oxygens (including phenoxy) is 1. The molecule has 1 aliphatic rings. The molecule has 2 rings (SSSR count). The zero-order chi connectivity index (χ0) is 13.8. The molecular formula is C16H25NO2. The SMILES string of the molecule is Cc1ccc(C(C)C)cc1OCC(O)CNC1CC1. The molecule has 0 saturated heterocycles. The largest absolute Gasteiger partial charge is 0.491 e. The van der Waals surface area contributed by atoms with Gasteiger partial charge in [-0.2, -0.15) is 0 Å². The summed E-state index contributed by atoms with van der Waals surface area (Å²) in [7, 11) is 0. The van der Waals surface area contributed by atoms with E-state index in [4.69, 9.17) is 4.74 Å². The van der Waals surface area contributed by atoms with E-state index in [1.165, 1.54) is 18.4 Å². The Kier molecular flexibility index (Phi) is 4.83. The molecule has 2 N–H and O–H groups in total. The second kappa shape index (κ2) is 6.40. The lowest BCUT2D eigenvalue weighted by atomic mass is 10.0. The molecule has 1 aromatic carbocycles. The number of aryl methyl sites for hydroxylation is 1. The van der Waals surface area contributed by atoms with E-state index in [-0.39, 0.29) is 0 Å². The fourth-order valence-corrected chi connectivity index (χ4v) is 1.97. The zero-order valence-electron chi connectivity index (χ0n) is 12.1. The van der Waals surface area contributed by atoms with Crippen molar-refractivity contribution in [1.82, 2.24) is 5.32 Å². The first kappa shape index (κ1) is 14.4. The number of hydrogen-bond acceptors (Lipinski definition) is 3. The fourth-order valence-electron chi connectivity index (χ4n) is 1.97. The predicted octanol–water partition coefficient (Wildman–Crippen LogP) is 2.61.